The topological polar surface area (TPSA) is 20.2 Å². The molecule has 0 aliphatic heterocycles. The molecule has 2 atom stereocenters. The summed E-state index contributed by atoms with van der Waals surface area (Å²) in [6.45, 7) is 0. The molecule has 2 rings (SSSR count). The summed E-state index contributed by atoms with van der Waals surface area (Å²) in [5.74, 6) is 1.98. The number of fused-ring (bicyclic) bond motifs is 2. The molecule has 0 aromatic carbocycles. The van der Waals surface area contributed by atoms with Crippen LogP contribution in [0.3, 0.4) is 0 Å². The standard InChI is InChI=1S/C7H10.C3H2F6O/c1-2-7-4-3-6(1)5-7;4-2(5,6)1(10)3(7,8)9/h1-2,6-7H,3-5H2;1,10H. The molecule has 0 amide bonds. The Morgan fingerprint density at radius 1 is 0.882 bits per heavy atom. The van der Waals surface area contributed by atoms with Crippen molar-refractivity contribution in [1.82, 2.24) is 0 Å². The van der Waals surface area contributed by atoms with E-state index in [1.807, 2.05) is 0 Å². The lowest BCUT2D eigenvalue weighted by Crippen LogP contribution is -2.41. The number of hydrogen-bond donors (Lipinski definition) is 1. The molecule has 2 aliphatic rings. The molecular weight excluding hydrogens is 250 g/mol. The fourth-order valence-corrected chi connectivity index (χ4v) is 1.90. The van der Waals surface area contributed by atoms with Crippen LogP contribution in [0.15, 0.2) is 12.2 Å². The second kappa shape index (κ2) is 4.88. The van der Waals surface area contributed by atoms with E-state index in [0.717, 1.165) is 11.8 Å². The van der Waals surface area contributed by atoms with Gasteiger partial charge in [-0.15, -0.1) is 0 Å². The van der Waals surface area contributed by atoms with Crippen LogP contribution in [0, 0.1) is 11.8 Å². The van der Waals surface area contributed by atoms with Gasteiger partial charge in [0.1, 0.15) is 0 Å². The lowest BCUT2D eigenvalue weighted by Gasteiger charge is -2.16. The number of aliphatic hydroxyl groups excluding tert-OH is 1. The van der Waals surface area contributed by atoms with Crippen LogP contribution in [0.4, 0.5) is 26.3 Å². The molecule has 17 heavy (non-hydrogen) atoms. The highest BCUT2D eigenvalue weighted by Gasteiger charge is 2.55. The second-order valence-electron chi connectivity index (χ2n) is 4.20. The van der Waals surface area contributed by atoms with E-state index in [1.165, 1.54) is 19.3 Å². The molecule has 1 saturated carbocycles. The fourth-order valence-electron chi connectivity index (χ4n) is 1.90. The first-order valence-corrected chi connectivity index (χ1v) is 5.10. The third-order valence-electron chi connectivity index (χ3n) is 2.79. The van der Waals surface area contributed by atoms with E-state index in [-0.39, 0.29) is 0 Å². The van der Waals surface area contributed by atoms with Crippen molar-refractivity contribution in [2.75, 3.05) is 0 Å². The summed E-state index contributed by atoms with van der Waals surface area (Å²) in [7, 11) is 0. The number of allylic oxidation sites excluding steroid dienone is 2. The lowest BCUT2D eigenvalue weighted by atomic mass is 10.1. The normalized spacial score (nSPS) is 27.3. The van der Waals surface area contributed by atoms with Gasteiger partial charge in [0.2, 0.25) is 6.10 Å². The van der Waals surface area contributed by atoms with Gasteiger partial charge in [-0.1, -0.05) is 12.2 Å². The Hall–Kier alpha value is -0.720. The first-order chi connectivity index (χ1) is 7.60. The molecule has 2 bridgehead atoms. The molecule has 2 aliphatic carbocycles. The Kier molecular flexibility index (Phi) is 4.11. The molecule has 2 unspecified atom stereocenters. The van der Waals surface area contributed by atoms with Crippen LogP contribution in [0.5, 0.6) is 0 Å². The molecule has 0 saturated heterocycles. The maximum Gasteiger partial charge on any atom is 0.423 e. The second-order valence-corrected chi connectivity index (χ2v) is 4.20. The SMILES string of the molecule is C1=CC2CCC1C2.OC(C(F)(F)F)C(F)(F)F. The number of aliphatic hydroxyl groups is 1. The molecular formula is C10H12F6O. The summed E-state index contributed by atoms with van der Waals surface area (Å²) in [4.78, 5) is 0. The van der Waals surface area contributed by atoms with Crippen molar-refractivity contribution in [1.29, 1.82) is 0 Å². The highest BCUT2D eigenvalue weighted by Crippen LogP contribution is 2.38. The largest absolute Gasteiger partial charge is 0.423 e. The molecule has 0 radical (unpaired) electrons. The van der Waals surface area contributed by atoms with E-state index in [9.17, 15) is 26.3 Å². The number of halogens is 6. The van der Waals surface area contributed by atoms with Crippen molar-refractivity contribution in [3.05, 3.63) is 12.2 Å². The van der Waals surface area contributed by atoms with Crippen LogP contribution in [-0.4, -0.2) is 23.6 Å². The smallest absolute Gasteiger partial charge is 0.377 e. The Balaban J connectivity index is 0.000000177. The van der Waals surface area contributed by atoms with Gasteiger partial charge in [-0.25, -0.2) is 0 Å². The van der Waals surface area contributed by atoms with Gasteiger partial charge in [0, 0.05) is 0 Å². The number of rotatable bonds is 0. The quantitative estimate of drug-likeness (QED) is 0.523. The van der Waals surface area contributed by atoms with E-state index in [1.54, 1.807) is 0 Å². The Labute approximate surface area is 94.1 Å². The minimum atomic E-state index is -5.63. The summed E-state index contributed by atoms with van der Waals surface area (Å²) in [6.07, 6.45) is -6.30. The van der Waals surface area contributed by atoms with Gasteiger partial charge in [-0.2, -0.15) is 26.3 Å². The zero-order chi connectivity index (χ0) is 13.3. The molecule has 0 heterocycles. The van der Waals surface area contributed by atoms with Gasteiger partial charge >= 0.3 is 12.4 Å². The van der Waals surface area contributed by atoms with E-state index in [0.29, 0.717) is 0 Å². The highest BCUT2D eigenvalue weighted by atomic mass is 19.4. The van der Waals surface area contributed by atoms with Crippen LogP contribution >= 0.6 is 0 Å². The zero-order valence-corrected chi connectivity index (χ0v) is 8.72. The van der Waals surface area contributed by atoms with Crippen molar-refractivity contribution >= 4 is 0 Å². The average molecular weight is 262 g/mol. The third-order valence-corrected chi connectivity index (χ3v) is 2.79. The highest BCUT2D eigenvalue weighted by molar-refractivity contribution is 5.06. The summed E-state index contributed by atoms with van der Waals surface area (Å²) in [5, 5.41) is 7.47. The minimum absolute atomic E-state index is 0.991. The molecule has 7 heteroatoms. The monoisotopic (exact) mass is 262 g/mol. The van der Waals surface area contributed by atoms with Gasteiger partial charge in [-0.05, 0) is 31.1 Å². The van der Waals surface area contributed by atoms with Crippen LogP contribution in [0.25, 0.3) is 0 Å². The Morgan fingerprint density at radius 2 is 1.24 bits per heavy atom. The first kappa shape index (κ1) is 14.3. The molecule has 0 spiro atoms. The van der Waals surface area contributed by atoms with Gasteiger partial charge in [0.25, 0.3) is 0 Å². The first-order valence-electron chi connectivity index (χ1n) is 5.10. The maximum absolute atomic E-state index is 11.0. The van der Waals surface area contributed by atoms with Crippen molar-refractivity contribution in [3.8, 4) is 0 Å². The van der Waals surface area contributed by atoms with E-state index in [4.69, 9.17) is 5.11 Å². The van der Waals surface area contributed by atoms with Crippen molar-refractivity contribution in [3.63, 3.8) is 0 Å². The van der Waals surface area contributed by atoms with Gasteiger partial charge in [0.15, 0.2) is 0 Å². The Morgan fingerprint density at radius 3 is 1.29 bits per heavy atom. The van der Waals surface area contributed by atoms with Crippen molar-refractivity contribution < 1.29 is 31.4 Å². The average Bonchev–Trinajstić information content (AvgIpc) is 2.77. The predicted octanol–water partition coefficient (Wildman–Crippen LogP) is 3.44. The summed E-state index contributed by atoms with van der Waals surface area (Å²) in [5.41, 5.74) is 0. The maximum atomic E-state index is 11.0. The molecule has 0 aromatic rings. The van der Waals surface area contributed by atoms with Gasteiger partial charge < -0.3 is 5.11 Å². The fraction of sp³-hybridized carbons (Fsp3) is 0.800. The molecule has 1 fully saturated rings. The number of alkyl halides is 6. The minimum Gasteiger partial charge on any atom is -0.377 e. The molecule has 1 N–H and O–H groups in total. The van der Waals surface area contributed by atoms with Crippen molar-refractivity contribution in [2.45, 2.75) is 37.7 Å². The number of hydrogen-bond acceptors (Lipinski definition) is 1. The van der Waals surface area contributed by atoms with E-state index in [2.05, 4.69) is 12.2 Å². The van der Waals surface area contributed by atoms with E-state index >= 15 is 0 Å². The van der Waals surface area contributed by atoms with Crippen LogP contribution < -0.4 is 0 Å². The molecule has 0 aromatic heterocycles. The lowest BCUT2D eigenvalue weighted by molar-refractivity contribution is -0.308. The molecule has 100 valence electrons. The molecule has 1 nitrogen and oxygen atoms in total. The van der Waals surface area contributed by atoms with Crippen LogP contribution in [0.1, 0.15) is 19.3 Å². The van der Waals surface area contributed by atoms with Crippen molar-refractivity contribution in [2.24, 2.45) is 11.8 Å². The predicted molar refractivity (Wildman–Crippen MR) is 48.1 cm³/mol. The van der Waals surface area contributed by atoms with Gasteiger partial charge in [-0.3, -0.25) is 0 Å². The summed E-state index contributed by atoms with van der Waals surface area (Å²) in [6, 6.07) is 0. The third kappa shape index (κ3) is 4.22. The van der Waals surface area contributed by atoms with E-state index < -0.39 is 18.5 Å². The van der Waals surface area contributed by atoms with Gasteiger partial charge in [0.05, 0.1) is 0 Å². The zero-order valence-electron chi connectivity index (χ0n) is 8.72. The van der Waals surface area contributed by atoms with Crippen LogP contribution in [0.2, 0.25) is 0 Å². The summed E-state index contributed by atoms with van der Waals surface area (Å²) < 4.78 is 65.9. The summed E-state index contributed by atoms with van der Waals surface area (Å²) >= 11 is 0. The van der Waals surface area contributed by atoms with Crippen LogP contribution in [-0.2, 0) is 0 Å². The Bertz CT molecular complexity index is 254.